The fourth-order valence-electron chi connectivity index (χ4n) is 6.56. The number of hydrogen-bond acceptors (Lipinski definition) is 8. The molecule has 5 rings (SSSR count). The summed E-state index contributed by atoms with van der Waals surface area (Å²) in [4.78, 5) is 27.3. The van der Waals surface area contributed by atoms with Gasteiger partial charge in [-0.1, -0.05) is 19.1 Å². The number of nitrogens with one attached hydrogen (secondary N) is 1. The van der Waals surface area contributed by atoms with Gasteiger partial charge in [0.2, 0.25) is 0 Å². The van der Waals surface area contributed by atoms with Crippen LogP contribution in [0.15, 0.2) is 30.6 Å². The number of methoxy groups -OCH3 is 2. The van der Waals surface area contributed by atoms with Crippen molar-refractivity contribution in [1.29, 1.82) is 0 Å². The first-order valence-corrected chi connectivity index (χ1v) is 16.2. The van der Waals surface area contributed by atoms with Crippen molar-refractivity contribution < 1.29 is 19.0 Å². The number of alkyl carbamates (subject to hydrolysis) is 1. The number of carbonyl (C=O) groups excluding carboxylic acids is 1. The van der Waals surface area contributed by atoms with E-state index in [9.17, 15) is 4.79 Å². The third-order valence-electron chi connectivity index (χ3n) is 8.69. The lowest BCUT2D eigenvalue weighted by Gasteiger charge is -2.38. The topological polar surface area (TPSA) is 85.8 Å². The van der Waals surface area contributed by atoms with Gasteiger partial charge < -0.3 is 24.4 Å². The molecule has 2 heterocycles. The van der Waals surface area contributed by atoms with E-state index in [0.29, 0.717) is 12.0 Å². The number of anilines is 1. The van der Waals surface area contributed by atoms with Crippen LogP contribution in [-0.4, -0.2) is 54.1 Å². The molecule has 228 valence electrons. The summed E-state index contributed by atoms with van der Waals surface area (Å²) in [5, 5.41) is 4.33. The molecule has 1 aromatic carbocycles. The third-order valence-corrected chi connectivity index (χ3v) is 9.86. The first kappa shape index (κ1) is 30.5. The highest BCUT2D eigenvalue weighted by molar-refractivity contribution is 7.19. The molecular weight excluding hydrogens is 548 g/mol. The van der Waals surface area contributed by atoms with Crippen molar-refractivity contribution in [3.05, 3.63) is 46.6 Å². The fraction of sp³-hybridized carbons (Fsp3) is 0.606. The molecule has 1 amide bonds. The standard InChI is InChI=1S/C33H46N4O4S/c1-7-25(39-5)18-22-10-17-27-28(22)29-30(34-20-35-31(29)42-27)37(19-21-8-15-26(40-6)16-9-21)24-13-11-23(12-14-24)36-32(38)41-33(2,3)4/h8-9,15-16,20,22-25H,7,10-14,17-19H2,1-6H3,(H,36,38)/t22-,23?,24?,25?/m1/s1. The number of aryl methyl sites for hydroxylation is 1. The van der Waals surface area contributed by atoms with Crippen LogP contribution in [0, 0.1) is 0 Å². The zero-order valence-corrected chi connectivity index (χ0v) is 26.8. The van der Waals surface area contributed by atoms with Crippen LogP contribution in [0.1, 0.15) is 94.6 Å². The van der Waals surface area contributed by atoms with E-state index < -0.39 is 5.60 Å². The molecule has 1 N–H and O–H groups in total. The van der Waals surface area contributed by atoms with E-state index in [0.717, 1.165) is 74.3 Å². The Morgan fingerprint density at radius 2 is 1.83 bits per heavy atom. The summed E-state index contributed by atoms with van der Waals surface area (Å²) in [7, 11) is 3.53. The molecule has 1 saturated carbocycles. The Hall–Kier alpha value is -2.91. The van der Waals surface area contributed by atoms with Crippen LogP contribution in [0.25, 0.3) is 10.2 Å². The van der Waals surface area contributed by atoms with Gasteiger partial charge in [0, 0.05) is 30.6 Å². The Labute approximate surface area is 254 Å². The number of carbonyl (C=O) groups is 1. The maximum Gasteiger partial charge on any atom is 0.407 e. The average molecular weight is 595 g/mol. The van der Waals surface area contributed by atoms with Gasteiger partial charge in [-0.25, -0.2) is 14.8 Å². The highest BCUT2D eigenvalue weighted by Gasteiger charge is 2.35. The van der Waals surface area contributed by atoms with Gasteiger partial charge in [0.15, 0.2) is 0 Å². The van der Waals surface area contributed by atoms with Gasteiger partial charge in [-0.2, -0.15) is 0 Å². The van der Waals surface area contributed by atoms with Crippen LogP contribution in [0.2, 0.25) is 0 Å². The molecule has 2 aliphatic carbocycles. The minimum Gasteiger partial charge on any atom is -0.497 e. The molecule has 9 heteroatoms. The molecule has 1 unspecified atom stereocenters. The van der Waals surface area contributed by atoms with Gasteiger partial charge in [0.1, 0.15) is 28.3 Å². The Morgan fingerprint density at radius 3 is 2.48 bits per heavy atom. The van der Waals surface area contributed by atoms with Crippen LogP contribution in [-0.2, 0) is 22.4 Å². The smallest absolute Gasteiger partial charge is 0.407 e. The first-order valence-electron chi connectivity index (χ1n) is 15.4. The van der Waals surface area contributed by atoms with Gasteiger partial charge >= 0.3 is 6.09 Å². The number of thiophene rings is 1. The number of rotatable bonds is 10. The molecule has 42 heavy (non-hydrogen) atoms. The second kappa shape index (κ2) is 13.2. The number of hydrogen-bond donors (Lipinski definition) is 1. The number of nitrogens with zero attached hydrogens (tertiary/aromatic N) is 3. The quantitative estimate of drug-likeness (QED) is 0.262. The maximum absolute atomic E-state index is 12.5. The van der Waals surface area contributed by atoms with Crippen molar-refractivity contribution in [2.75, 3.05) is 19.1 Å². The molecule has 0 saturated heterocycles. The number of fused-ring (bicyclic) bond motifs is 3. The molecule has 2 aromatic heterocycles. The Morgan fingerprint density at radius 1 is 1.10 bits per heavy atom. The molecule has 0 spiro atoms. The molecule has 2 atom stereocenters. The lowest BCUT2D eigenvalue weighted by atomic mass is 9.89. The lowest BCUT2D eigenvalue weighted by molar-refractivity contribution is 0.0491. The van der Waals surface area contributed by atoms with Gasteiger partial charge in [-0.15, -0.1) is 11.3 Å². The SMILES string of the molecule is CCC(C[C@H]1CCc2sc3ncnc(N(Cc4ccc(OC)cc4)C4CCC(NC(=O)OC(C)(C)C)CC4)c3c21)OC. The summed E-state index contributed by atoms with van der Waals surface area (Å²) >= 11 is 1.84. The van der Waals surface area contributed by atoms with E-state index in [4.69, 9.17) is 24.2 Å². The molecule has 8 nitrogen and oxygen atoms in total. The molecule has 3 aromatic rings. The zero-order chi connectivity index (χ0) is 29.9. The van der Waals surface area contributed by atoms with Crippen LogP contribution < -0.4 is 15.0 Å². The zero-order valence-electron chi connectivity index (χ0n) is 25.9. The van der Waals surface area contributed by atoms with Gasteiger partial charge in [-0.3, -0.25) is 0 Å². The molecular formula is C33H46N4O4S. The summed E-state index contributed by atoms with van der Waals surface area (Å²) in [5.41, 5.74) is 2.15. The van der Waals surface area contributed by atoms with Crippen LogP contribution in [0.3, 0.4) is 0 Å². The summed E-state index contributed by atoms with van der Waals surface area (Å²) in [5.74, 6) is 2.35. The lowest BCUT2D eigenvalue weighted by Crippen LogP contribution is -2.45. The van der Waals surface area contributed by atoms with Crippen LogP contribution in [0.5, 0.6) is 5.75 Å². The van der Waals surface area contributed by atoms with Crippen molar-refractivity contribution >= 4 is 33.5 Å². The highest BCUT2D eigenvalue weighted by atomic mass is 32.1. The summed E-state index contributed by atoms with van der Waals surface area (Å²) < 4.78 is 16.8. The van der Waals surface area contributed by atoms with Crippen LogP contribution in [0.4, 0.5) is 10.6 Å². The Balaban J connectivity index is 1.45. The molecule has 0 bridgehead atoms. The minimum atomic E-state index is -0.506. The van der Waals surface area contributed by atoms with Crippen molar-refractivity contribution in [2.45, 2.75) is 115 Å². The molecule has 1 fully saturated rings. The highest BCUT2D eigenvalue weighted by Crippen LogP contribution is 2.48. The number of benzene rings is 1. The fourth-order valence-corrected chi connectivity index (χ4v) is 7.80. The normalized spacial score (nSPS) is 21.1. The van der Waals surface area contributed by atoms with E-state index in [-0.39, 0.29) is 18.2 Å². The predicted octanol–water partition coefficient (Wildman–Crippen LogP) is 7.39. The minimum absolute atomic E-state index is 0.110. The summed E-state index contributed by atoms with van der Waals surface area (Å²) in [6.45, 7) is 8.63. The monoisotopic (exact) mass is 594 g/mol. The second-order valence-electron chi connectivity index (χ2n) is 12.7. The number of ether oxygens (including phenoxy) is 3. The third kappa shape index (κ3) is 7.00. The van der Waals surface area contributed by atoms with E-state index in [2.05, 4.69) is 29.3 Å². The van der Waals surface area contributed by atoms with Crippen LogP contribution >= 0.6 is 11.3 Å². The van der Waals surface area contributed by atoms with Crippen molar-refractivity contribution in [3.8, 4) is 5.75 Å². The summed E-state index contributed by atoms with van der Waals surface area (Å²) in [6.07, 6.45) is 9.66. The van der Waals surface area contributed by atoms with Gasteiger partial charge in [0.25, 0.3) is 0 Å². The second-order valence-corrected chi connectivity index (χ2v) is 13.8. The van der Waals surface area contributed by atoms with E-state index >= 15 is 0 Å². The number of amides is 1. The Bertz CT molecular complexity index is 1340. The van der Waals surface area contributed by atoms with Gasteiger partial charge in [-0.05, 0) is 101 Å². The Kier molecular flexibility index (Phi) is 9.57. The van der Waals surface area contributed by atoms with Crippen molar-refractivity contribution in [3.63, 3.8) is 0 Å². The van der Waals surface area contributed by atoms with E-state index in [1.807, 2.05) is 51.4 Å². The van der Waals surface area contributed by atoms with E-state index in [1.54, 1.807) is 13.4 Å². The number of aromatic nitrogens is 2. The molecule has 0 aliphatic heterocycles. The van der Waals surface area contributed by atoms with Crippen molar-refractivity contribution in [2.24, 2.45) is 0 Å². The summed E-state index contributed by atoms with van der Waals surface area (Å²) in [6, 6.07) is 8.74. The first-order chi connectivity index (χ1) is 20.2. The van der Waals surface area contributed by atoms with E-state index in [1.165, 1.54) is 21.4 Å². The maximum atomic E-state index is 12.5. The average Bonchev–Trinajstić information content (AvgIpc) is 3.53. The molecule has 2 aliphatic rings. The van der Waals surface area contributed by atoms with Gasteiger partial charge in [0.05, 0.1) is 18.6 Å². The predicted molar refractivity (Wildman–Crippen MR) is 169 cm³/mol. The molecule has 0 radical (unpaired) electrons. The largest absolute Gasteiger partial charge is 0.497 e. The van der Waals surface area contributed by atoms with Crippen molar-refractivity contribution in [1.82, 2.24) is 15.3 Å².